The van der Waals surface area contributed by atoms with Crippen LogP contribution in [0.25, 0.3) is 32.8 Å². The number of rotatable bonds is 7. The van der Waals surface area contributed by atoms with E-state index in [1.165, 1.54) is 6.92 Å². The van der Waals surface area contributed by atoms with Crippen LogP contribution in [0.4, 0.5) is 11.4 Å². The average molecular weight is 506 g/mol. The van der Waals surface area contributed by atoms with Gasteiger partial charge >= 0.3 is 0 Å². The zero-order valence-electron chi connectivity index (χ0n) is 21.4. The van der Waals surface area contributed by atoms with E-state index in [4.69, 9.17) is 9.47 Å². The Hall–Kier alpha value is -4.91. The number of ether oxygens (including phenoxy) is 2. The van der Waals surface area contributed by atoms with Gasteiger partial charge in [-0.1, -0.05) is 24.3 Å². The second-order valence-corrected chi connectivity index (χ2v) is 8.91. The number of anilines is 2. The van der Waals surface area contributed by atoms with Crippen molar-refractivity contribution in [2.75, 3.05) is 24.9 Å². The standard InChI is InChI=1S/C31H27N3O4/c1-19(35)34-24-9-4-20(5-10-24)23-14-28-29(33-18-23)13-8-21-6-11-25(15-27(21)31(28)36)32-17-22-7-12-26(37-2)16-30(22)38-3/h4-16,18,32H,17H2,1-3H3,(H,34,35). The lowest BCUT2D eigenvalue weighted by molar-refractivity contribution is -0.114. The van der Waals surface area contributed by atoms with Gasteiger partial charge in [0.15, 0.2) is 5.43 Å². The van der Waals surface area contributed by atoms with Crippen molar-refractivity contribution in [2.45, 2.75) is 13.5 Å². The van der Waals surface area contributed by atoms with Crippen LogP contribution in [0.1, 0.15) is 12.5 Å². The van der Waals surface area contributed by atoms with Crippen molar-refractivity contribution in [2.24, 2.45) is 0 Å². The number of hydrogen-bond acceptors (Lipinski definition) is 6. The molecule has 0 aliphatic carbocycles. The van der Waals surface area contributed by atoms with Crippen LogP contribution in [0.5, 0.6) is 11.5 Å². The minimum Gasteiger partial charge on any atom is -0.497 e. The second-order valence-electron chi connectivity index (χ2n) is 8.91. The Labute approximate surface area is 220 Å². The van der Waals surface area contributed by atoms with Crippen LogP contribution < -0.4 is 25.5 Å². The van der Waals surface area contributed by atoms with Crippen molar-refractivity contribution in [3.8, 4) is 22.6 Å². The highest BCUT2D eigenvalue weighted by molar-refractivity contribution is 5.95. The number of carbonyl (C=O) groups is 1. The number of nitrogens with zero attached hydrogens (tertiary/aromatic N) is 1. The van der Waals surface area contributed by atoms with Crippen LogP contribution in [-0.4, -0.2) is 25.1 Å². The molecule has 1 heterocycles. The zero-order chi connectivity index (χ0) is 26.6. The Kier molecular flexibility index (Phi) is 6.91. The Morgan fingerprint density at radius 3 is 2.32 bits per heavy atom. The van der Waals surface area contributed by atoms with Crippen molar-refractivity contribution in [1.29, 1.82) is 0 Å². The molecular formula is C31H27N3O4. The maximum absolute atomic E-state index is 13.7. The number of benzene rings is 3. The first-order chi connectivity index (χ1) is 18.4. The molecule has 0 spiro atoms. The van der Waals surface area contributed by atoms with Gasteiger partial charge in [0.2, 0.25) is 5.91 Å². The van der Waals surface area contributed by atoms with E-state index in [9.17, 15) is 9.59 Å². The number of pyridine rings is 1. The fourth-order valence-electron chi connectivity index (χ4n) is 4.41. The van der Waals surface area contributed by atoms with Gasteiger partial charge in [0.25, 0.3) is 0 Å². The molecule has 5 aromatic rings. The smallest absolute Gasteiger partial charge is 0.221 e. The average Bonchev–Trinajstić information content (AvgIpc) is 3.07. The molecule has 2 N–H and O–H groups in total. The molecule has 5 rings (SSSR count). The molecule has 0 aliphatic rings. The van der Waals surface area contributed by atoms with Gasteiger partial charge in [-0.3, -0.25) is 14.6 Å². The number of amides is 1. The summed E-state index contributed by atoms with van der Waals surface area (Å²) < 4.78 is 10.8. The number of methoxy groups -OCH3 is 2. The first-order valence-corrected chi connectivity index (χ1v) is 12.1. The van der Waals surface area contributed by atoms with E-state index in [1.807, 2.05) is 78.9 Å². The monoisotopic (exact) mass is 505 g/mol. The number of aromatic nitrogens is 1. The van der Waals surface area contributed by atoms with Gasteiger partial charge < -0.3 is 20.1 Å². The van der Waals surface area contributed by atoms with E-state index < -0.39 is 0 Å². The molecule has 0 aliphatic heterocycles. The first-order valence-electron chi connectivity index (χ1n) is 12.1. The van der Waals surface area contributed by atoms with Gasteiger partial charge in [0, 0.05) is 59.0 Å². The molecule has 0 saturated heterocycles. The van der Waals surface area contributed by atoms with Crippen molar-refractivity contribution in [3.05, 3.63) is 101 Å². The Bertz CT molecular complexity index is 1720. The van der Waals surface area contributed by atoms with Crippen molar-refractivity contribution in [3.63, 3.8) is 0 Å². The van der Waals surface area contributed by atoms with E-state index in [-0.39, 0.29) is 11.3 Å². The summed E-state index contributed by atoms with van der Waals surface area (Å²) in [7, 11) is 3.25. The van der Waals surface area contributed by atoms with Gasteiger partial charge in [0.1, 0.15) is 11.5 Å². The third-order valence-corrected chi connectivity index (χ3v) is 6.40. The lowest BCUT2D eigenvalue weighted by atomic mass is 10.1. The molecule has 0 fully saturated rings. The van der Waals surface area contributed by atoms with E-state index in [0.717, 1.165) is 39.3 Å². The van der Waals surface area contributed by atoms with Gasteiger partial charge in [0.05, 0.1) is 19.7 Å². The number of fused-ring (bicyclic) bond motifs is 2. The van der Waals surface area contributed by atoms with Gasteiger partial charge in [-0.05, 0) is 59.5 Å². The normalized spacial score (nSPS) is 10.8. The highest BCUT2D eigenvalue weighted by Gasteiger charge is 2.09. The molecule has 0 bridgehead atoms. The van der Waals surface area contributed by atoms with Gasteiger partial charge in [-0.25, -0.2) is 0 Å². The SMILES string of the molecule is COc1ccc(CNc2ccc3ccc4ncc(-c5ccc(NC(C)=O)cc5)cc4c(=O)c3c2)c(OC)c1. The van der Waals surface area contributed by atoms with E-state index in [2.05, 4.69) is 15.6 Å². The van der Waals surface area contributed by atoms with Crippen molar-refractivity contribution >= 4 is 39.0 Å². The quantitative estimate of drug-likeness (QED) is 0.282. The highest BCUT2D eigenvalue weighted by atomic mass is 16.5. The summed E-state index contributed by atoms with van der Waals surface area (Å²) in [6.07, 6.45) is 1.76. The van der Waals surface area contributed by atoms with E-state index in [0.29, 0.717) is 28.5 Å². The van der Waals surface area contributed by atoms with Crippen LogP contribution in [0, 0.1) is 0 Å². The lowest BCUT2D eigenvalue weighted by Crippen LogP contribution is -2.05. The molecule has 0 unspecified atom stereocenters. The third kappa shape index (κ3) is 5.13. The molecule has 0 radical (unpaired) electrons. The predicted molar refractivity (Wildman–Crippen MR) is 152 cm³/mol. The van der Waals surface area contributed by atoms with Crippen LogP contribution in [0.15, 0.2) is 89.9 Å². The molecule has 7 nitrogen and oxygen atoms in total. The molecule has 7 heteroatoms. The number of carbonyl (C=O) groups excluding carboxylic acids is 1. The Morgan fingerprint density at radius 1 is 0.816 bits per heavy atom. The number of hydrogen-bond donors (Lipinski definition) is 2. The number of nitrogens with one attached hydrogen (secondary N) is 2. The molecule has 0 saturated carbocycles. The van der Waals surface area contributed by atoms with E-state index in [1.54, 1.807) is 20.4 Å². The summed E-state index contributed by atoms with van der Waals surface area (Å²) in [6.45, 7) is 1.99. The molecule has 0 atom stereocenters. The fraction of sp³-hybridized carbons (Fsp3) is 0.129. The molecule has 1 aromatic heterocycles. The van der Waals surface area contributed by atoms with Crippen molar-refractivity contribution < 1.29 is 14.3 Å². The molecule has 38 heavy (non-hydrogen) atoms. The predicted octanol–water partition coefficient (Wildman–Crippen LogP) is 6.00. The summed E-state index contributed by atoms with van der Waals surface area (Å²) in [5, 5.41) is 8.14. The Morgan fingerprint density at radius 2 is 1.58 bits per heavy atom. The van der Waals surface area contributed by atoms with Gasteiger partial charge in [-0.15, -0.1) is 0 Å². The summed E-state index contributed by atoms with van der Waals surface area (Å²) >= 11 is 0. The third-order valence-electron chi connectivity index (χ3n) is 6.40. The van der Waals surface area contributed by atoms with Crippen LogP contribution >= 0.6 is 0 Å². The van der Waals surface area contributed by atoms with Crippen LogP contribution in [-0.2, 0) is 11.3 Å². The first kappa shape index (κ1) is 24.8. The highest BCUT2D eigenvalue weighted by Crippen LogP contribution is 2.27. The summed E-state index contributed by atoms with van der Waals surface area (Å²) in [4.78, 5) is 29.6. The maximum Gasteiger partial charge on any atom is 0.221 e. The minimum absolute atomic E-state index is 0.0881. The topological polar surface area (TPSA) is 89.5 Å². The molecule has 4 aromatic carbocycles. The molecule has 190 valence electrons. The van der Waals surface area contributed by atoms with Gasteiger partial charge in [-0.2, -0.15) is 0 Å². The second kappa shape index (κ2) is 10.6. The summed E-state index contributed by atoms with van der Waals surface area (Å²) in [6, 6.07) is 24.6. The fourth-order valence-corrected chi connectivity index (χ4v) is 4.41. The minimum atomic E-state index is -0.127. The maximum atomic E-state index is 13.7. The largest absolute Gasteiger partial charge is 0.497 e. The lowest BCUT2D eigenvalue weighted by Gasteiger charge is -2.12. The molecular weight excluding hydrogens is 478 g/mol. The summed E-state index contributed by atoms with van der Waals surface area (Å²) in [5.41, 5.74) is 4.77. The van der Waals surface area contributed by atoms with Crippen molar-refractivity contribution in [1.82, 2.24) is 4.98 Å². The van der Waals surface area contributed by atoms with Crippen LogP contribution in [0.2, 0.25) is 0 Å². The molecule has 1 amide bonds. The summed E-state index contributed by atoms with van der Waals surface area (Å²) in [5.74, 6) is 1.32. The zero-order valence-corrected chi connectivity index (χ0v) is 21.4. The Balaban J connectivity index is 1.49. The van der Waals surface area contributed by atoms with Crippen LogP contribution in [0.3, 0.4) is 0 Å². The van der Waals surface area contributed by atoms with E-state index >= 15 is 0 Å².